The molecule has 0 saturated heterocycles. The van der Waals surface area contributed by atoms with Gasteiger partial charge in [-0.2, -0.15) is 0 Å². The molecule has 20 nitrogen and oxygen atoms in total. The number of amides is 2. The molecule has 2 heterocycles. The molecule has 2 amide bonds. The summed E-state index contributed by atoms with van der Waals surface area (Å²) in [7, 11) is 8.32. The van der Waals surface area contributed by atoms with Gasteiger partial charge in [-0.25, -0.2) is 43.9 Å². The lowest BCUT2D eigenvalue weighted by Crippen LogP contribution is -2.42. The normalized spacial score (nSPS) is 11.8. The van der Waals surface area contributed by atoms with Crippen LogP contribution >= 0.6 is 0 Å². The number of carboxylic acid groups (broad SMARTS) is 1. The topological polar surface area (TPSA) is 251 Å². The number of anilines is 2. The van der Waals surface area contributed by atoms with E-state index in [-0.39, 0.29) is 55.7 Å². The first-order valence-electron chi connectivity index (χ1n) is 21.6. The largest absolute Gasteiger partial charge is 0.480 e. The van der Waals surface area contributed by atoms with Gasteiger partial charge in [-0.1, -0.05) is 60.7 Å². The third-order valence-electron chi connectivity index (χ3n) is 8.59. The number of aromatic nitrogens is 4. The molecule has 2 aromatic heterocycles. The zero-order chi connectivity index (χ0) is 51.3. The molecule has 0 aliphatic rings. The quantitative estimate of drug-likeness (QED) is 0.0581. The molecule has 0 radical (unpaired) electrons. The molecule has 3 N–H and O–H groups in total. The van der Waals surface area contributed by atoms with Crippen LogP contribution in [0.5, 0.6) is 0 Å². The number of esters is 3. The van der Waals surface area contributed by atoms with E-state index in [1.807, 2.05) is 36.4 Å². The van der Waals surface area contributed by atoms with E-state index in [0.717, 1.165) is 11.1 Å². The van der Waals surface area contributed by atoms with E-state index < -0.39 is 47.3 Å². The molecule has 370 valence electrons. The number of hydrogen-bond donors (Lipinski definition) is 3. The average Bonchev–Trinajstić information content (AvgIpc) is 3.27. The van der Waals surface area contributed by atoms with Crippen molar-refractivity contribution in [1.82, 2.24) is 30.6 Å². The van der Waals surface area contributed by atoms with Gasteiger partial charge in [0, 0.05) is 64.9 Å². The Kier molecular flexibility index (Phi) is 21.2. The minimum atomic E-state index is -1.26. The Hall–Kier alpha value is -7.90. The van der Waals surface area contributed by atoms with Crippen LogP contribution in [0.4, 0.5) is 21.2 Å². The first-order valence-corrected chi connectivity index (χ1v) is 21.6. The van der Waals surface area contributed by atoms with Gasteiger partial charge >= 0.3 is 36.1 Å². The van der Waals surface area contributed by atoms with Crippen molar-refractivity contribution in [2.45, 2.75) is 91.3 Å². The first-order chi connectivity index (χ1) is 32.4. The van der Waals surface area contributed by atoms with Crippen molar-refractivity contribution >= 4 is 59.9 Å². The van der Waals surface area contributed by atoms with Gasteiger partial charge in [0.05, 0.1) is 19.2 Å². The molecule has 20 heteroatoms. The van der Waals surface area contributed by atoms with Crippen molar-refractivity contribution in [3.05, 3.63) is 119 Å². The van der Waals surface area contributed by atoms with Crippen molar-refractivity contribution in [3.8, 4) is 0 Å². The third kappa shape index (κ3) is 22.0. The number of nitrogens with zero attached hydrogens (tertiary/aromatic N) is 6. The van der Waals surface area contributed by atoms with Crippen LogP contribution in [0.1, 0.15) is 82.1 Å². The fraction of sp³-hybridized carbons (Fsp3) is 0.388. The van der Waals surface area contributed by atoms with Crippen LogP contribution in [-0.2, 0) is 68.9 Å². The van der Waals surface area contributed by atoms with Crippen molar-refractivity contribution in [2.24, 2.45) is 0 Å². The number of nitrogens with one attached hydrogen (secondary N) is 2. The highest BCUT2D eigenvalue weighted by Crippen LogP contribution is 2.17. The summed E-state index contributed by atoms with van der Waals surface area (Å²) in [6.07, 6.45) is 2.49. The molecule has 0 spiro atoms. The van der Waals surface area contributed by atoms with Gasteiger partial charge in [0.25, 0.3) is 0 Å². The van der Waals surface area contributed by atoms with Gasteiger partial charge in [-0.3, -0.25) is 10.1 Å². The van der Waals surface area contributed by atoms with E-state index in [4.69, 9.17) is 23.7 Å². The lowest BCUT2D eigenvalue weighted by Gasteiger charge is -2.20. The van der Waals surface area contributed by atoms with E-state index in [1.54, 1.807) is 116 Å². The van der Waals surface area contributed by atoms with Crippen molar-refractivity contribution in [2.75, 3.05) is 45.1 Å². The molecular weight excluding hydrogens is 893 g/mol. The number of alkyl carbamates (subject to hydrolysis) is 2. The summed E-state index contributed by atoms with van der Waals surface area (Å²) in [5.41, 5.74) is 0.854. The first kappa shape index (κ1) is 55.4. The predicted molar refractivity (Wildman–Crippen MR) is 256 cm³/mol. The van der Waals surface area contributed by atoms with Crippen LogP contribution in [0.15, 0.2) is 84.6 Å². The number of aryl methyl sites for hydroxylation is 1. The Balaban J connectivity index is 0.000000365. The molecule has 69 heavy (non-hydrogen) atoms. The molecule has 0 bridgehead atoms. The summed E-state index contributed by atoms with van der Waals surface area (Å²) in [6.45, 7) is 10.7. The standard InChI is InChI=1S/C25H30N4O6.C24H32N4O6/c1-25(2,3)35-22(30)13-12-20-26-18(15-21(28-20)29(4)5)14-19(23(31)33-6)27-24(32)34-16-17-10-8-7-9-11-17;1-24(2,3)34-21(29)12-11-19-25-17(14-20(27-19)28(4)5)13-18(22(30)31)26-23(32)33-15-16-9-7-6-8-10-16/h7-15H,16H2,1-6H3,(H,27,32);6-10,14,18H,11-13,15H2,1-5H3,(H,26,32)(H,30,31)/b13-12+,19-14?;. The zero-order valence-corrected chi connectivity index (χ0v) is 40.9. The highest BCUT2D eigenvalue weighted by molar-refractivity contribution is 5.96. The van der Waals surface area contributed by atoms with Crippen molar-refractivity contribution in [3.63, 3.8) is 0 Å². The molecule has 4 rings (SSSR count). The highest BCUT2D eigenvalue weighted by Gasteiger charge is 2.24. The molecule has 1 atom stereocenters. The van der Waals surface area contributed by atoms with E-state index in [9.17, 15) is 33.9 Å². The number of carboxylic acids is 1. The molecule has 4 aromatic rings. The summed E-state index contributed by atoms with van der Waals surface area (Å²) in [5, 5.41) is 14.4. The minimum Gasteiger partial charge on any atom is -0.480 e. The Morgan fingerprint density at radius 1 is 0.725 bits per heavy atom. The summed E-state index contributed by atoms with van der Waals surface area (Å²) in [6, 6.07) is 20.2. The molecular formula is C49H62N8O12. The fourth-order valence-corrected chi connectivity index (χ4v) is 5.51. The minimum absolute atomic E-state index is 0.0200. The predicted octanol–water partition coefficient (Wildman–Crippen LogP) is 6.08. The van der Waals surface area contributed by atoms with Crippen molar-refractivity contribution < 1.29 is 57.6 Å². The number of ether oxygens (including phenoxy) is 5. The summed E-state index contributed by atoms with van der Waals surface area (Å²) < 4.78 is 25.7. The SMILES string of the molecule is CN(C)c1cc(CC(NC(=O)OCc2ccccc2)C(=O)O)nc(CCC(=O)OC(C)(C)C)n1.COC(=O)C(=Cc1cc(N(C)C)nc(/C=C/C(=O)OC(C)(C)C)n1)NC(=O)OCc1ccccc1. The molecule has 0 aliphatic carbocycles. The summed E-state index contributed by atoms with van der Waals surface area (Å²) in [4.78, 5) is 93.6. The van der Waals surface area contributed by atoms with Crippen molar-refractivity contribution in [1.29, 1.82) is 0 Å². The number of hydrogen-bond acceptors (Lipinski definition) is 17. The van der Waals surface area contributed by atoms with Crippen LogP contribution in [0.2, 0.25) is 0 Å². The summed E-state index contributed by atoms with van der Waals surface area (Å²) in [5.74, 6) is -1.31. The van der Waals surface area contributed by atoms with Gasteiger partial charge in [-0.05, 0) is 64.8 Å². The third-order valence-corrected chi connectivity index (χ3v) is 8.59. The molecule has 1 unspecified atom stereocenters. The Morgan fingerprint density at radius 3 is 1.80 bits per heavy atom. The second kappa shape index (κ2) is 26.4. The Bertz CT molecular complexity index is 2430. The molecule has 0 aliphatic heterocycles. The highest BCUT2D eigenvalue weighted by atomic mass is 16.6. The molecule has 0 saturated carbocycles. The second-order valence-electron chi connectivity index (χ2n) is 17.4. The number of methoxy groups -OCH3 is 1. The lowest BCUT2D eigenvalue weighted by atomic mass is 10.1. The number of aliphatic carboxylic acids is 1. The van der Waals surface area contributed by atoms with E-state index in [0.29, 0.717) is 23.2 Å². The number of rotatable bonds is 18. The van der Waals surface area contributed by atoms with Gasteiger partial charge in [0.1, 0.15) is 53.6 Å². The van der Waals surface area contributed by atoms with Gasteiger partial charge in [-0.15, -0.1) is 0 Å². The van der Waals surface area contributed by atoms with Gasteiger partial charge in [0.2, 0.25) is 0 Å². The monoisotopic (exact) mass is 954 g/mol. The zero-order valence-electron chi connectivity index (χ0n) is 40.9. The Morgan fingerprint density at radius 2 is 1.28 bits per heavy atom. The van der Waals surface area contributed by atoms with E-state index >= 15 is 0 Å². The van der Waals surface area contributed by atoms with E-state index in [1.165, 1.54) is 25.3 Å². The van der Waals surface area contributed by atoms with Crippen LogP contribution in [0, 0.1) is 0 Å². The second-order valence-corrected chi connectivity index (χ2v) is 17.4. The average molecular weight is 955 g/mol. The summed E-state index contributed by atoms with van der Waals surface area (Å²) >= 11 is 0. The van der Waals surface area contributed by atoms with Crippen LogP contribution < -0.4 is 20.4 Å². The fourth-order valence-electron chi connectivity index (χ4n) is 5.51. The van der Waals surface area contributed by atoms with Gasteiger partial charge < -0.3 is 43.9 Å². The van der Waals surface area contributed by atoms with Gasteiger partial charge in [0.15, 0.2) is 5.82 Å². The van der Waals surface area contributed by atoms with Crippen LogP contribution in [0.25, 0.3) is 12.2 Å². The maximum atomic E-state index is 12.3. The number of benzene rings is 2. The Labute approximate surface area is 402 Å². The smallest absolute Gasteiger partial charge is 0.412 e. The lowest BCUT2D eigenvalue weighted by molar-refractivity contribution is -0.155. The number of carbonyl (C=O) groups is 6. The molecule has 2 aromatic carbocycles. The number of carbonyl (C=O) groups excluding carboxylic acids is 5. The molecule has 0 fully saturated rings. The maximum absolute atomic E-state index is 12.3. The van der Waals surface area contributed by atoms with Crippen LogP contribution in [-0.4, -0.2) is 114 Å². The van der Waals surface area contributed by atoms with Crippen LogP contribution in [0.3, 0.4) is 0 Å². The van der Waals surface area contributed by atoms with E-state index in [2.05, 4.69) is 30.6 Å². The maximum Gasteiger partial charge on any atom is 0.412 e.